The van der Waals surface area contributed by atoms with E-state index in [-0.39, 0.29) is 5.91 Å². The number of carbonyl (C=O) groups is 1. The van der Waals surface area contributed by atoms with Crippen LogP contribution in [-0.2, 0) is 4.79 Å². The highest BCUT2D eigenvalue weighted by atomic mass is 16.2. The molecule has 0 aromatic carbocycles. The van der Waals surface area contributed by atoms with Crippen LogP contribution in [0, 0.1) is 5.92 Å². The van der Waals surface area contributed by atoms with Gasteiger partial charge in [-0.15, -0.1) is 0 Å². The Morgan fingerprint density at radius 1 is 1.50 bits per heavy atom. The van der Waals surface area contributed by atoms with Crippen molar-refractivity contribution in [3.63, 3.8) is 0 Å². The third-order valence-corrected chi connectivity index (χ3v) is 2.67. The summed E-state index contributed by atoms with van der Waals surface area (Å²) in [5, 5.41) is 1.36. The third kappa shape index (κ3) is 4.62. The van der Waals surface area contributed by atoms with Gasteiger partial charge in [0.05, 0.1) is 0 Å². The molecule has 90 valence electrons. The van der Waals surface area contributed by atoms with E-state index < -0.39 is 0 Å². The molecule has 0 spiro atoms. The molecule has 0 saturated heterocycles. The van der Waals surface area contributed by atoms with Crippen LogP contribution in [0.2, 0.25) is 0 Å². The highest BCUT2D eigenvalue weighted by Crippen LogP contribution is 2.14. The number of carbonyl (C=O) groups excluding carboxylic acids is 1. The molecule has 16 heavy (non-hydrogen) atoms. The zero-order chi connectivity index (χ0) is 12.0. The van der Waals surface area contributed by atoms with E-state index in [0.717, 1.165) is 19.3 Å². The molecular formula is C13H22N2O. The average molecular weight is 222 g/mol. The minimum absolute atomic E-state index is 0.0435. The molecule has 2 N–H and O–H groups in total. The predicted octanol–water partition coefficient (Wildman–Crippen LogP) is 2.40. The first kappa shape index (κ1) is 13.0. The lowest BCUT2D eigenvalue weighted by molar-refractivity contribution is -0.132. The van der Waals surface area contributed by atoms with E-state index >= 15 is 0 Å². The van der Waals surface area contributed by atoms with Crippen molar-refractivity contribution in [2.45, 2.75) is 39.5 Å². The summed E-state index contributed by atoms with van der Waals surface area (Å²) in [6, 6.07) is 0. The second kappa shape index (κ2) is 6.48. The average Bonchev–Trinajstić information content (AvgIpc) is 2.26. The predicted molar refractivity (Wildman–Crippen MR) is 66.4 cm³/mol. The molecule has 0 aromatic rings. The molecule has 1 rings (SSSR count). The summed E-state index contributed by atoms with van der Waals surface area (Å²) in [6.07, 6.45) is 10.0. The molecule has 0 unspecified atom stereocenters. The van der Waals surface area contributed by atoms with Crippen LogP contribution in [0.15, 0.2) is 23.8 Å². The Morgan fingerprint density at radius 2 is 2.25 bits per heavy atom. The van der Waals surface area contributed by atoms with E-state index in [1.807, 2.05) is 13.8 Å². The van der Waals surface area contributed by atoms with Crippen molar-refractivity contribution in [1.29, 1.82) is 0 Å². The fourth-order valence-electron chi connectivity index (χ4n) is 1.71. The topological polar surface area (TPSA) is 46.3 Å². The van der Waals surface area contributed by atoms with E-state index in [1.54, 1.807) is 0 Å². The van der Waals surface area contributed by atoms with Gasteiger partial charge in [-0.3, -0.25) is 9.80 Å². The molecule has 0 atom stereocenters. The fraction of sp³-hybridized carbons (Fsp3) is 0.615. The minimum atomic E-state index is 0.0435. The fourth-order valence-corrected chi connectivity index (χ4v) is 1.71. The Hall–Kier alpha value is -1.09. The molecule has 0 bridgehead atoms. The highest BCUT2D eigenvalue weighted by molar-refractivity contribution is 5.75. The maximum absolute atomic E-state index is 11.6. The number of nitrogens with zero attached hydrogens (tertiary/aromatic N) is 1. The summed E-state index contributed by atoms with van der Waals surface area (Å²) in [4.78, 5) is 11.6. The lowest BCUT2D eigenvalue weighted by Crippen LogP contribution is -2.38. The molecule has 3 heteroatoms. The Kier molecular flexibility index (Phi) is 5.26. The number of allylic oxidation sites excluding steroid dienone is 3. The van der Waals surface area contributed by atoms with Crippen LogP contribution in [0.4, 0.5) is 0 Å². The van der Waals surface area contributed by atoms with E-state index in [2.05, 4.69) is 18.2 Å². The summed E-state index contributed by atoms with van der Waals surface area (Å²) in [5.41, 5.74) is 1.38. The van der Waals surface area contributed by atoms with Crippen LogP contribution in [-0.4, -0.2) is 17.5 Å². The van der Waals surface area contributed by atoms with Crippen molar-refractivity contribution in [3.8, 4) is 0 Å². The number of nitrogens with two attached hydrogens (primary N) is 1. The number of hydrazine groups is 1. The van der Waals surface area contributed by atoms with Crippen molar-refractivity contribution < 1.29 is 4.79 Å². The molecule has 0 heterocycles. The first-order chi connectivity index (χ1) is 7.59. The lowest BCUT2D eigenvalue weighted by atomic mass is 10.0. The number of rotatable bonds is 5. The zero-order valence-electron chi connectivity index (χ0n) is 10.3. The Balaban J connectivity index is 2.26. The monoisotopic (exact) mass is 222 g/mol. The molecule has 1 aliphatic rings. The Morgan fingerprint density at radius 3 is 2.81 bits per heavy atom. The summed E-state index contributed by atoms with van der Waals surface area (Å²) in [5.74, 6) is 6.14. The Bertz CT molecular complexity index is 292. The van der Waals surface area contributed by atoms with Crippen LogP contribution in [0.3, 0.4) is 0 Å². The Labute approximate surface area is 98.0 Å². The van der Waals surface area contributed by atoms with Crippen molar-refractivity contribution in [3.05, 3.63) is 23.8 Å². The minimum Gasteiger partial charge on any atom is -0.280 e. The van der Waals surface area contributed by atoms with Gasteiger partial charge in [-0.2, -0.15) is 0 Å². The van der Waals surface area contributed by atoms with Crippen molar-refractivity contribution in [1.82, 2.24) is 5.01 Å². The van der Waals surface area contributed by atoms with Gasteiger partial charge in [0.25, 0.3) is 0 Å². The third-order valence-electron chi connectivity index (χ3n) is 2.67. The summed E-state index contributed by atoms with van der Waals surface area (Å²) < 4.78 is 0. The number of amides is 1. The second-order valence-corrected chi connectivity index (χ2v) is 4.71. The maximum atomic E-state index is 11.6. The van der Waals surface area contributed by atoms with Gasteiger partial charge in [-0.25, -0.2) is 5.84 Å². The summed E-state index contributed by atoms with van der Waals surface area (Å²) in [6.45, 7) is 4.69. The molecule has 0 radical (unpaired) electrons. The van der Waals surface area contributed by atoms with Crippen LogP contribution in [0.25, 0.3) is 0 Å². The number of hydrogen-bond acceptors (Lipinski definition) is 2. The summed E-state index contributed by atoms with van der Waals surface area (Å²) >= 11 is 0. The SMILES string of the molecule is CC(C)CC(=O)N(N)CCC1=CCC=CC1. The van der Waals surface area contributed by atoms with Gasteiger partial charge in [-0.1, -0.05) is 37.6 Å². The van der Waals surface area contributed by atoms with Gasteiger partial charge in [0.2, 0.25) is 5.91 Å². The molecule has 3 nitrogen and oxygen atoms in total. The first-order valence-corrected chi connectivity index (χ1v) is 5.97. The van der Waals surface area contributed by atoms with Crippen LogP contribution >= 0.6 is 0 Å². The normalized spacial score (nSPS) is 15.1. The van der Waals surface area contributed by atoms with Gasteiger partial charge in [0.15, 0.2) is 0 Å². The van der Waals surface area contributed by atoms with E-state index in [9.17, 15) is 4.79 Å². The highest BCUT2D eigenvalue weighted by Gasteiger charge is 2.11. The van der Waals surface area contributed by atoms with Crippen molar-refractivity contribution in [2.24, 2.45) is 11.8 Å². The molecule has 0 aromatic heterocycles. The summed E-state index contributed by atoms with van der Waals surface area (Å²) in [7, 11) is 0. The molecule has 0 fully saturated rings. The second-order valence-electron chi connectivity index (χ2n) is 4.71. The van der Waals surface area contributed by atoms with E-state index in [4.69, 9.17) is 5.84 Å². The molecule has 1 amide bonds. The van der Waals surface area contributed by atoms with Gasteiger partial charge >= 0.3 is 0 Å². The van der Waals surface area contributed by atoms with Gasteiger partial charge in [0, 0.05) is 13.0 Å². The van der Waals surface area contributed by atoms with Gasteiger partial charge in [0.1, 0.15) is 0 Å². The van der Waals surface area contributed by atoms with Crippen LogP contribution in [0.1, 0.15) is 39.5 Å². The lowest BCUT2D eigenvalue weighted by Gasteiger charge is -2.19. The van der Waals surface area contributed by atoms with Gasteiger partial charge < -0.3 is 0 Å². The van der Waals surface area contributed by atoms with Crippen LogP contribution in [0.5, 0.6) is 0 Å². The standard InChI is InChI=1S/C13H22N2O/c1-11(2)10-13(16)15(14)9-8-12-6-4-3-5-7-12/h3-4,7,11H,5-6,8-10,14H2,1-2H3. The van der Waals surface area contributed by atoms with Crippen molar-refractivity contribution in [2.75, 3.05) is 6.54 Å². The first-order valence-electron chi connectivity index (χ1n) is 5.97. The van der Waals surface area contributed by atoms with Crippen molar-refractivity contribution >= 4 is 5.91 Å². The largest absolute Gasteiger partial charge is 0.280 e. The molecule has 0 aliphatic heterocycles. The van der Waals surface area contributed by atoms with Gasteiger partial charge in [-0.05, 0) is 25.2 Å². The quantitative estimate of drug-likeness (QED) is 0.336. The molecule has 1 aliphatic carbocycles. The molecular weight excluding hydrogens is 200 g/mol. The van der Waals surface area contributed by atoms with E-state index in [1.165, 1.54) is 10.6 Å². The molecule has 0 saturated carbocycles. The number of hydrogen-bond donors (Lipinski definition) is 1. The zero-order valence-corrected chi connectivity index (χ0v) is 10.3. The van der Waals surface area contributed by atoms with Crippen LogP contribution < -0.4 is 5.84 Å². The maximum Gasteiger partial charge on any atom is 0.236 e. The van der Waals surface area contributed by atoms with E-state index in [0.29, 0.717) is 18.9 Å². The smallest absolute Gasteiger partial charge is 0.236 e.